The number of hydrogen-bond donors (Lipinski definition) is 1. The lowest BCUT2D eigenvalue weighted by molar-refractivity contribution is -0.124. The van der Waals surface area contributed by atoms with Crippen LogP contribution in [0.15, 0.2) is 42.5 Å². The van der Waals surface area contributed by atoms with E-state index in [0.717, 1.165) is 5.56 Å². The van der Waals surface area contributed by atoms with E-state index in [1.807, 2.05) is 0 Å². The smallest absolute Gasteiger partial charge is 0.341 e. The van der Waals surface area contributed by atoms with Crippen LogP contribution in [0.1, 0.15) is 28.9 Å². The van der Waals surface area contributed by atoms with Gasteiger partial charge in [0, 0.05) is 0 Å². The zero-order valence-electron chi connectivity index (χ0n) is 12.7. The van der Waals surface area contributed by atoms with Crippen LogP contribution in [0.25, 0.3) is 0 Å². The molecule has 0 saturated heterocycles. The van der Waals surface area contributed by atoms with Gasteiger partial charge in [0.15, 0.2) is 6.61 Å². The number of nitrogens with one attached hydrogen (secondary N) is 1. The first-order valence-corrected chi connectivity index (χ1v) is 7.80. The number of esters is 1. The Balaban J connectivity index is 1.91. The number of amides is 1. The van der Waals surface area contributed by atoms with Crippen molar-refractivity contribution in [3.63, 3.8) is 0 Å². The summed E-state index contributed by atoms with van der Waals surface area (Å²) in [6, 6.07) is 9.97. The van der Waals surface area contributed by atoms with Crippen LogP contribution in [0, 0.1) is 5.82 Å². The van der Waals surface area contributed by atoms with Gasteiger partial charge in [-0.05, 0) is 36.8 Å². The molecule has 7 heteroatoms. The molecule has 0 radical (unpaired) electrons. The summed E-state index contributed by atoms with van der Waals surface area (Å²) >= 11 is 11.8. The largest absolute Gasteiger partial charge is 0.452 e. The van der Waals surface area contributed by atoms with Gasteiger partial charge < -0.3 is 10.1 Å². The predicted molar refractivity (Wildman–Crippen MR) is 89.7 cm³/mol. The molecule has 0 unspecified atom stereocenters. The van der Waals surface area contributed by atoms with E-state index >= 15 is 0 Å². The Bertz CT molecular complexity index is 730. The molecule has 126 valence electrons. The Kier molecular flexibility index (Phi) is 6.17. The van der Waals surface area contributed by atoms with E-state index < -0.39 is 18.5 Å². The Morgan fingerprint density at radius 3 is 2.29 bits per heavy atom. The lowest BCUT2D eigenvalue weighted by Gasteiger charge is -2.14. The monoisotopic (exact) mass is 369 g/mol. The van der Waals surface area contributed by atoms with Gasteiger partial charge in [-0.15, -0.1) is 0 Å². The molecule has 0 bridgehead atoms. The van der Waals surface area contributed by atoms with Crippen molar-refractivity contribution >= 4 is 35.1 Å². The van der Waals surface area contributed by atoms with Crippen LogP contribution in [-0.4, -0.2) is 18.5 Å². The van der Waals surface area contributed by atoms with Crippen molar-refractivity contribution < 1.29 is 18.7 Å². The van der Waals surface area contributed by atoms with Crippen molar-refractivity contribution in [1.29, 1.82) is 0 Å². The summed E-state index contributed by atoms with van der Waals surface area (Å²) in [6.07, 6.45) is 0. The topological polar surface area (TPSA) is 55.4 Å². The molecule has 1 N–H and O–H groups in total. The van der Waals surface area contributed by atoms with Crippen molar-refractivity contribution in [3.05, 3.63) is 69.5 Å². The fourth-order valence-electron chi connectivity index (χ4n) is 2.01. The average Bonchev–Trinajstić information content (AvgIpc) is 2.53. The van der Waals surface area contributed by atoms with Gasteiger partial charge in [0.2, 0.25) is 0 Å². The number of carbonyl (C=O) groups excluding carboxylic acids is 2. The van der Waals surface area contributed by atoms with Crippen molar-refractivity contribution in [2.45, 2.75) is 13.0 Å². The third-order valence-corrected chi connectivity index (χ3v) is 3.88. The quantitative estimate of drug-likeness (QED) is 0.804. The molecule has 0 aromatic heterocycles. The molecule has 4 nitrogen and oxygen atoms in total. The van der Waals surface area contributed by atoms with Crippen molar-refractivity contribution in [2.75, 3.05) is 6.61 Å². The number of carbonyl (C=O) groups is 2. The summed E-state index contributed by atoms with van der Waals surface area (Å²) in [4.78, 5) is 23.8. The number of hydrogen-bond acceptors (Lipinski definition) is 3. The second-order valence-corrected chi connectivity index (χ2v) is 5.83. The highest BCUT2D eigenvalue weighted by Gasteiger charge is 2.18. The summed E-state index contributed by atoms with van der Waals surface area (Å²) < 4.78 is 17.8. The minimum atomic E-state index is -0.782. The van der Waals surface area contributed by atoms with Gasteiger partial charge in [-0.2, -0.15) is 0 Å². The SMILES string of the molecule is C[C@@H](NC(=O)COC(=O)c1c(Cl)cccc1Cl)c1ccc(F)cc1. The number of rotatable bonds is 5. The second-order valence-electron chi connectivity index (χ2n) is 5.01. The molecule has 2 aromatic rings. The fraction of sp³-hybridized carbons (Fsp3) is 0.176. The van der Waals surface area contributed by atoms with Crippen molar-refractivity contribution in [2.24, 2.45) is 0 Å². The van der Waals surface area contributed by atoms with E-state index in [-0.39, 0.29) is 27.5 Å². The normalized spacial score (nSPS) is 11.7. The Morgan fingerprint density at radius 2 is 1.71 bits per heavy atom. The van der Waals surface area contributed by atoms with Gasteiger partial charge >= 0.3 is 5.97 Å². The molecule has 24 heavy (non-hydrogen) atoms. The standard InChI is InChI=1S/C17H14Cl2FNO3/c1-10(11-5-7-12(20)8-6-11)21-15(22)9-24-17(23)16-13(18)3-2-4-14(16)19/h2-8,10H,9H2,1H3,(H,21,22)/t10-/m1/s1. The van der Waals surface area contributed by atoms with Gasteiger partial charge in [0.05, 0.1) is 21.7 Å². The van der Waals surface area contributed by atoms with Crippen LogP contribution >= 0.6 is 23.2 Å². The average molecular weight is 370 g/mol. The Morgan fingerprint density at radius 1 is 1.12 bits per heavy atom. The number of benzene rings is 2. The first-order valence-electron chi connectivity index (χ1n) is 7.04. The molecule has 0 fully saturated rings. The van der Waals surface area contributed by atoms with Gasteiger partial charge in [0.1, 0.15) is 5.82 Å². The molecule has 0 aliphatic rings. The van der Waals surface area contributed by atoms with E-state index in [1.165, 1.54) is 24.3 Å². The molecule has 1 atom stereocenters. The summed E-state index contributed by atoms with van der Waals surface area (Å²) in [7, 11) is 0. The maximum Gasteiger partial charge on any atom is 0.341 e. The van der Waals surface area contributed by atoms with Crippen LogP contribution in [0.5, 0.6) is 0 Å². The summed E-state index contributed by atoms with van der Waals surface area (Å²) in [5.74, 6) is -1.64. The van der Waals surface area contributed by atoms with E-state index in [0.29, 0.717) is 0 Å². The first kappa shape index (κ1) is 18.2. The Labute approximate surface area is 148 Å². The molecular formula is C17H14Cl2FNO3. The third-order valence-electron chi connectivity index (χ3n) is 3.25. The molecule has 0 aliphatic carbocycles. The minimum Gasteiger partial charge on any atom is -0.452 e. The zero-order chi connectivity index (χ0) is 17.7. The highest BCUT2D eigenvalue weighted by molar-refractivity contribution is 6.39. The zero-order valence-corrected chi connectivity index (χ0v) is 14.2. The van der Waals surface area contributed by atoms with Gasteiger partial charge in [-0.1, -0.05) is 41.4 Å². The highest BCUT2D eigenvalue weighted by Crippen LogP contribution is 2.24. The molecule has 0 aliphatic heterocycles. The predicted octanol–water partition coefficient (Wildman–Crippen LogP) is 4.17. The molecule has 0 saturated carbocycles. The fourth-order valence-corrected chi connectivity index (χ4v) is 2.57. The van der Waals surface area contributed by atoms with E-state index in [2.05, 4.69) is 5.32 Å². The molecule has 1 amide bonds. The van der Waals surface area contributed by atoms with Gasteiger partial charge in [0.25, 0.3) is 5.91 Å². The number of halogens is 3. The second kappa shape index (κ2) is 8.13. The third kappa shape index (κ3) is 4.69. The molecule has 2 aromatic carbocycles. The maximum absolute atomic E-state index is 12.9. The lowest BCUT2D eigenvalue weighted by atomic mass is 10.1. The van der Waals surface area contributed by atoms with Crippen molar-refractivity contribution in [1.82, 2.24) is 5.32 Å². The lowest BCUT2D eigenvalue weighted by Crippen LogP contribution is -2.31. The van der Waals surface area contributed by atoms with Crippen LogP contribution in [0.3, 0.4) is 0 Å². The number of ether oxygens (including phenoxy) is 1. The van der Waals surface area contributed by atoms with Crippen LogP contribution in [0.4, 0.5) is 4.39 Å². The highest BCUT2D eigenvalue weighted by atomic mass is 35.5. The molecule has 2 rings (SSSR count). The van der Waals surface area contributed by atoms with Gasteiger partial charge in [-0.25, -0.2) is 9.18 Å². The molecule has 0 heterocycles. The summed E-state index contributed by atoms with van der Waals surface area (Å²) in [5.41, 5.74) is 0.741. The van der Waals surface area contributed by atoms with Gasteiger partial charge in [-0.3, -0.25) is 4.79 Å². The summed E-state index contributed by atoms with van der Waals surface area (Å²) in [5, 5.41) is 2.94. The van der Waals surface area contributed by atoms with Crippen molar-refractivity contribution in [3.8, 4) is 0 Å². The minimum absolute atomic E-state index is 0.0141. The van der Waals surface area contributed by atoms with Crippen LogP contribution in [-0.2, 0) is 9.53 Å². The van der Waals surface area contributed by atoms with E-state index in [1.54, 1.807) is 25.1 Å². The van der Waals surface area contributed by atoms with E-state index in [4.69, 9.17) is 27.9 Å². The molecular weight excluding hydrogens is 356 g/mol. The molecule has 0 spiro atoms. The van der Waals surface area contributed by atoms with E-state index in [9.17, 15) is 14.0 Å². The Hall–Kier alpha value is -2.11. The van der Waals surface area contributed by atoms with Crippen LogP contribution in [0.2, 0.25) is 10.0 Å². The first-order chi connectivity index (χ1) is 11.4. The maximum atomic E-state index is 12.9. The summed E-state index contributed by atoms with van der Waals surface area (Å²) in [6.45, 7) is 1.25. The van der Waals surface area contributed by atoms with Crippen LogP contribution < -0.4 is 5.32 Å².